The second kappa shape index (κ2) is 5.14. The van der Waals surface area contributed by atoms with Crippen molar-refractivity contribution in [2.45, 2.75) is 25.7 Å². The van der Waals surface area contributed by atoms with Crippen molar-refractivity contribution in [2.75, 3.05) is 18.5 Å². The van der Waals surface area contributed by atoms with Gasteiger partial charge in [-0.1, -0.05) is 28.8 Å². The summed E-state index contributed by atoms with van der Waals surface area (Å²) >= 11 is 3.33. The van der Waals surface area contributed by atoms with Crippen LogP contribution in [0.25, 0.3) is 0 Å². The minimum atomic E-state index is 0.872. The standard InChI is InChI=1S/C8H15BrO/c9-5-6-10-7-8-3-1-2-4-8/h8H,1-7H2. The molecule has 1 aliphatic rings. The van der Waals surface area contributed by atoms with Gasteiger partial charge in [0.1, 0.15) is 0 Å². The molecule has 0 amide bonds. The van der Waals surface area contributed by atoms with Crippen LogP contribution in [0.2, 0.25) is 0 Å². The van der Waals surface area contributed by atoms with E-state index in [1.54, 1.807) is 0 Å². The van der Waals surface area contributed by atoms with E-state index >= 15 is 0 Å². The Morgan fingerprint density at radius 3 is 2.60 bits per heavy atom. The summed E-state index contributed by atoms with van der Waals surface area (Å²) in [5.41, 5.74) is 0. The molecule has 0 spiro atoms. The molecule has 60 valence electrons. The van der Waals surface area contributed by atoms with Crippen LogP contribution in [0.5, 0.6) is 0 Å². The minimum Gasteiger partial charge on any atom is -0.380 e. The van der Waals surface area contributed by atoms with Crippen molar-refractivity contribution in [1.29, 1.82) is 0 Å². The van der Waals surface area contributed by atoms with Gasteiger partial charge in [0.25, 0.3) is 0 Å². The molecule has 0 aliphatic heterocycles. The van der Waals surface area contributed by atoms with Crippen molar-refractivity contribution in [3.63, 3.8) is 0 Å². The molecule has 1 aliphatic carbocycles. The molecule has 0 aromatic heterocycles. The SMILES string of the molecule is BrCCOCC1CCCC1. The van der Waals surface area contributed by atoms with E-state index in [0.717, 1.165) is 24.5 Å². The lowest BCUT2D eigenvalue weighted by molar-refractivity contribution is 0.115. The van der Waals surface area contributed by atoms with Crippen LogP contribution in [0.1, 0.15) is 25.7 Å². The predicted molar refractivity (Wildman–Crippen MR) is 46.6 cm³/mol. The van der Waals surface area contributed by atoms with Gasteiger partial charge in [0, 0.05) is 11.9 Å². The van der Waals surface area contributed by atoms with Gasteiger partial charge in [-0.25, -0.2) is 0 Å². The van der Waals surface area contributed by atoms with Crippen LogP contribution in [0.3, 0.4) is 0 Å². The molecule has 10 heavy (non-hydrogen) atoms. The lowest BCUT2D eigenvalue weighted by Crippen LogP contribution is -2.06. The maximum Gasteiger partial charge on any atom is 0.0563 e. The first kappa shape index (κ1) is 8.54. The van der Waals surface area contributed by atoms with E-state index in [1.165, 1.54) is 25.7 Å². The normalized spacial score (nSPS) is 20.1. The lowest BCUT2D eigenvalue weighted by atomic mass is 10.1. The first-order valence-electron chi connectivity index (χ1n) is 4.07. The topological polar surface area (TPSA) is 9.23 Å². The average Bonchev–Trinajstić information content (AvgIpc) is 2.41. The molecule has 1 nitrogen and oxygen atoms in total. The predicted octanol–water partition coefficient (Wildman–Crippen LogP) is 2.59. The zero-order valence-electron chi connectivity index (χ0n) is 6.31. The van der Waals surface area contributed by atoms with Crippen LogP contribution in [0, 0.1) is 5.92 Å². The van der Waals surface area contributed by atoms with Gasteiger partial charge in [0.15, 0.2) is 0 Å². The van der Waals surface area contributed by atoms with Crippen LogP contribution < -0.4 is 0 Å². The molecule has 0 aromatic carbocycles. The van der Waals surface area contributed by atoms with E-state index in [4.69, 9.17) is 4.74 Å². The molecule has 2 heteroatoms. The maximum absolute atomic E-state index is 5.42. The van der Waals surface area contributed by atoms with E-state index in [0.29, 0.717) is 0 Å². The molecule has 0 heterocycles. The van der Waals surface area contributed by atoms with Gasteiger partial charge in [0.05, 0.1) is 6.61 Å². The fourth-order valence-corrected chi connectivity index (χ4v) is 1.71. The van der Waals surface area contributed by atoms with Crippen molar-refractivity contribution in [3.05, 3.63) is 0 Å². The van der Waals surface area contributed by atoms with Crippen molar-refractivity contribution in [1.82, 2.24) is 0 Å². The average molecular weight is 207 g/mol. The van der Waals surface area contributed by atoms with E-state index in [2.05, 4.69) is 15.9 Å². The van der Waals surface area contributed by atoms with Crippen LogP contribution in [0.15, 0.2) is 0 Å². The number of halogens is 1. The first-order valence-corrected chi connectivity index (χ1v) is 5.19. The molecule has 0 bridgehead atoms. The molecule has 1 fully saturated rings. The second-order valence-electron chi connectivity index (χ2n) is 2.91. The second-order valence-corrected chi connectivity index (χ2v) is 3.71. The van der Waals surface area contributed by atoms with Crippen molar-refractivity contribution >= 4 is 15.9 Å². The quantitative estimate of drug-likeness (QED) is 0.508. The summed E-state index contributed by atoms with van der Waals surface area (Å²) in [7, 11) is 0. The van der Waals surface area contributed by atoms with Gasteiger partial charge < -0.3 is 4.74 Å². The maximum atomic E-state index is 5.42. The van der Waals surface area contributed by atoms with Gasteiger partial charge in [-0.2, -0.15) is 0 Å². The van der Waals surface area contributed by atoms with E-state index in [-0.39, 0.29) is 0 Å². The van der Waals surface area contributed by atoms with Crippen LogP contribution in [0.4, 0.5) is 0 Å². The fraction of sp³-hybridized carbons (Fsp3) is 1.00. The summed E-state index contributed by atoms with van der Waals surface area (Å²) in [6, 6.07) is 0. The van der Waals surface area contributed by atoms with Crippen LogP contribution in [-0.2, 0) is 4.74 Å². The zero-order valence-corrected chi connectivity index (χ0v) is 7.90. The summed E-state index contributed by atoms with van der Waals surface area (Å²) in [5, 5.41) is 0.972. The highest BCUT2D eigenvalue weighted by molar-refractivity contribution is 9.09. The molecule has 0 N–H and O–H groups in total. The number of hydrogen-bond acceptors (Lipinski definition) is 1. The zero-order chi connectivity index (χ0) is 7.23. The molecule has 0 saturated heterocycles. The number of hydrogen-bond donors (Lipinski definition) is 0. The van der Waals surface area contributed by atoms with Crippen LogP contribution >= 0.6 is 15.9 Å². The highest BCUT2D eigenvalue weighted by atomic mass is 79.9. The van der Waals surface area contributed by atoms with Crippen LogP contribution in [-0.4, -0.2) is 18.5 Å². The molecule has 0 atom stereocenters. The fourth-order valence-electron chi connectivity index (χ4n) is 1.48. The van der Waals surface area contributed by atoms with Gasteiger partial charge >= 0.3 is 0 Å². The van der Waals surface area contributed by atoms with Gasteiger partial charge in [-0.3, -0.25) is 0 Å². The van der Waals surface area contributed by atoms with Crippen molar-refractivity contribution in [2.24, 2.45) is 5.92 Å². The monoisotopic (exact) mass is 206 g/mol. The van der Waals surface area contributed by atoms with Gasteiger partial charge in [-0.05, 0) is 18.8 Å². The van der Waals surface area contributed by atoms with E-state index < -0.39 is 0 Å². The third kappa shape index (κ3) is 3.02. The minimum absolute atomic E-state index is 0.872. The highest BCUT2D eigenvalue weighted by Gasteiger charge is 2.14. The molecule has 1 saturated carbocycles. The van der Waals surface area contributed by atoms with Crippen molar-refractivity contribution in [3.8, 4) is 0 Å². The molecule has 1 rings (SSSR count). The first-order chi connectivity index (χ1) is 4.93. The summed E-state index contributed by atoms with van der Waals surface area (Å²) in [6.45, 7) is 1.86. The Labute approximate surface area is 71.3 Å². The Kier molecular flexibility index (Phi) is 4.39. The van der Waals surface area contributed by atoms with Gasteiger partial charge in [-0.15, -0.1) is 0 Å². The molecular weight excluding hydrogens is 192 g/mol. The van der Waals surface area contributed by atoms with E-state index in [9.17, 15) is 0 Å². The lowest BCUT2D eigenvalue weighted by Gasteiger charge is -2.07. The highest BCUT2D eigenvalue weighted by Crippen LogP contribution is 2.24. The summed E-state index contributed by atoms with van der Waals surface area (Å²) in [6.07, 6.45) is 5.62. The Bertz CT molecular complexity index is 79.3. The Balaban J connectivity index is 1.91. The smallest absolute Gasteiger partial charge is 0.0563 e. The molecular formula is C8H15BrO. The number of alkyl halides is 1. The molecule has 0 unspecified atom stereocenters. The summed E-state index contributed by atoms with van der Waals surface area (Å²) in [5.74, 6) is 0.874. The third-order valence-electron chi connectivity index (χ3n) is 2.05. The number of ether oxygens (including phenoxy) is 1. The third-order valence-corrected chi connectivity index (χ3v) is 2.37. The molecule has 0 aromatic rings. The summed E-state index contributed by atoms with van der Waals surface area (Å²) < 4.78 is 5.42. The Morgan fingerprint density at radius 1 is 1.30 bits per heavy atom. The van der Waals surface area contributed by atoms with Gasteiger partial charge in [0.2, 0.25) is 0 Å². The Hall–Kier alpha value is 0.440. The van der Waals surface area contributed by atoms with Crippen molar-refractivity contribution < 1.29 is 4.74 Å². The largest absolute Gasteiger partial charge is 0.380 e. The number of rotatable bonds is 4. The summed E-state index contributed by atoms with van der Waals surface area (Å²) in [4.78, 5) is 0. The molecule has 0 radical (unpaired) electrons. The Morgan fingerprint density at radius 2 is 2.00 bits per heavy atom. The van der Waals surface area contributed by atoms with E-state index in [1.807, 2.05) is 0 Å².